The van der Waals surface area contributed by atoms with Gasteiger partial charge in [-0.3, -0.25) is 0 Å². The van der Waals surface area contributed by atoms with Crippen molar-refractivity contribution in [1.82, 2.24) is 0 Å². The lowest BCUT2D eigenvalue weighted by Crippen LogP contribution is -2.57. The number of phenolic OH excluding ortho intramolecular Hbond substituents is 7. The summed E-state index contributed by atoms with van der Waals surface area (Å²) in [4.78, 5) is 0. The molecule has 42 heavy (non-hydrogen) atoms. The molecule has 3 aliphatic rings. The van der Waals surface area contributed by atoms with Crippen LogP contribution in [0.3, 0.4) is 0 Å². The molecule has 0 spiro atoms. The maximum absolute atomic E-state index is 11.9. The van der Waals surface area contributed by atoms with Crippen LogP contribution in [0.15, 0.2) is 54.6 Å². The van der Waals surface area contributed by atoms with Crippen molar-refractivity contribution in [1.29, 1.82) is 0 Å². The van der Waals surface area contributed by atoms with Crippen LogP contribution >= 0.6 is 0 Å². The number of aliphatic hydroxyl groups is 2. The summed E-state index contributed by atoms with van der Waals surface area (Å²) < 4.78 is 18.6. The minimum atomic E-state index is -2.09. The fourth-order valence-electron chi connectivity index (χ4n) is 6.09. The molecule has 0 aliphatic carbocycles. The van der Waals surface area contributed by atoms with Gasteiger partial charge in [0.15, 0.2) is 23.0 Å². The van der Waals surface area contributed by atoms with Gasteiger partial charge in [0.25, 0.3) is 0 Å². The Bertz CT molecular complexity index is 1790. The van der Waals surface area contributed by atoms with Crippen molar-refractivity contribution >= 4 is 0 Å². The average molecular weight is 577 g/mol. The lowest BCUT2D eigenvalue weighted by Gasteiger charge is -2.50. The molecule has 7 rings (SSSR count). The second-order valence-corrected chi connectivity index (χ2v) is 10.5. The number of benzene rings is 4. The Hall–Kier alpha value is -5.20. The number of aromatic hydroxyl groups is 7. The Kier molecular flexibility index (Phi) is 5.30. The van der Waals surface area contributed by atoms with E-state index in [1.807, 2.05) is 0 Å². The Morgan fingerprint density at radius 1 is 0.643 bits per heavy atom. The summed E-state index contributed by atoms with van der Waals surface area (Å²) in [6.07, 6.45) is -4.00. The van der Waals surface area contributed by atoms with Crippen molar-refractivity contribution < 1.29 is 60.2 Å². The smallest absolute Gasteiger partial charge is 0.305 e. The molecule has 4 aromatic rings. The van der Waals surface area contributed by atoms with Gasteiger partial charge in [0, 0.05) is 46.9 Å². The second kappa shape index (κ2) is 8.65. The topological polar surface area (TPSA) is 210 Å². The quantitative estimate of drug-likeness (QED) is 0.158. The van der Waals surface area contributed by atoms with Crippen LogP contribution in [0.2, 0.25) is 0 Å². The van der Waals surface area contributed by atoms with Crippen LogP contribution in [-0.2, 0) is 12.2 Å². The van der Waals surface area contributed by atoms with Gasteiger partial charge in [-0.15, -0.1) is 0 Å². The summed E-state index contributed by atoms with van der Waals surface area (Å²) in [5.74, 6) is -6.11. The molecule has 5 atom stereocenters. The molecular weight excluding hydrogens is 552 g/mol. The third-order valence-electron chi connectivity index (χ3n) is 8.03. The molecule has 0 saturated heterocycles. The van der Waals surface area contributed by atoms with Gasteiger partial charge in [-0.25, -0.2) is 0 Å². The molecule has 0 saturated carbocycles. The number of aliphatic hydroxyl groups excluding tert-OH is 2. The van der Waals surface area contributed by atoms with Gasteiger partial charge in [-0.2, -0.15) is 0 Å². The molecule has 4 aromatic carbocycles. The van der Waals surface area contributed by atoms with Crippen LogP contribution in [0, 0.1) is 0 Å². The van der Waals surface area contributed by atoms with Crippen molar-refractivity contribution in [2.75, 3.05) is 0 Å². The Balaban J connectivity index is 1.47. The summed E-state index contributed by atoms with van der Waals surface area (Å²) >= 11 is 0. The highest BCUT2D eigenvalue weighted by Gasteiger charge is 2.60. The lowest BCUT2D eigenvalue weighted by molar-refractivity contribution is -0.219. The zero-order chi connectivity index (χ0) is 29.7. The molecule has 0 aromatic heterocycles. The largest absolute Gasteiger partial charge is 0.508 e. The summed E-state index contributed by atoms with van der Waals surface area (Å²) in [6.45, 7) is 0. The van der Waals surface area contributed by atoms with Gasteiger partial charge in [-0.05, 0) is 35.9 Å². The molecule has 3 aliphatic heterocycles. The predicted octanol–water partition coefficient (Wildman–Crippen LogP) is 2.79. The third-order valence-corrected chi connectivity index (χ3v) is 8.03. The standard InChI is InChI=1S/C30H24O12/c31-13-7-20(37)24-22(8-13)41-30(12-2-4-16(33)19(36)6-12)29(39)26(24)25-23(42-30)10-17(34)14-9-21(38)27(40-28(14)25)11-1-3-15(32)18(35)5-11/h1-8,10,21,26-27,29,31-39H,9H2/t21-,26-,27+,29+,30+/m1/s1. The van der Waals surface area contributed by atoms with E-state index < -0.39 is 53.0 Å². The van der Waals surface area contributed by atoms with Crippen LogP contribution in [0.5, 0.6) is 57.5 Å². The van der Waals surface area contributed by atoms with Gasteiger partial charge in [-0.1, -0.05) is 6.07 Å². The van der Waals surface area contributed by atoms with Gasteiger partial charge >= 0.3 is 5.79 Å². The first kappa shape index (κ1) is 25.7. The Morgan fingerprint density at radius 3 is 2.00 bits per heavy atom. The maximum Gasteiger partial charge on any atom is 0.305 e. The minimum absolute atomic E-state index is 0.0177. The van der Waals surface area contributed by atoms with E-state index in [0.29, 0.717) is 5.56 Å². The highest BCUT2D eigenvalue weighted by atomic mass is 16.7. The molecule has 0 fully saturated rings. The van der Waals surface area contributed by atoms with Crippen molar-refractivity contribution in [2.45, 2.75) is 36.4 Å². The van der Waals surface area contributed by atoms with E-state index in [9.17, 15) is 46.0 Å². The first-order chi connectivity index (χ1) is 20.0. The first-order valence-electron chi connectivity index (χ1n) is 12.9. The predicted molar refractivity (Wildman–Crippen MR) is 141 cm³/mol. The van der Waals surface area contributed by atoms with E-state index >= 15 is 0 Å². The van der Waals surface area contributed by atoms with Crippen LogP contribution in [0.1, 0.15) is 39.8 Å². The molecule has 12 nitrogen and oxygen atoms in total. The van der Waals surface area contributed by atoms with Crippen LogP contribution in [0.4, 0.5) is 0 Å². The van der Waals surface area contributed by atoms with E-state index in [1.165, 1.54) is 42.5 Å². The minimum Gasteiger partial charge on any atom is -0.508 e. The van der Waals surface area contributed by atoms with Crippen LogP contribution < -0.4 is 14.2 Å². The normalized spacial score (nSPS) is 25.2. The number of rotatable bonds is 2. The molecule has 216 valence electrons. The summed E-state index contributed by atoms with van der Waals surface area (Å²) in [5.41, 5.74) is 0.842. The number of fused-ring (bicyclic) bond motifs is 8. The van der Waals surface area contributed by atoms with E-state index in [4.69, 9.17) is 14.2 Å². The van der Waals surface area contributed by atoms with E-state index in [-0.39, 0.29) is 63.2 Å². The average Bonchev–Trinajstić information content (AvgIpc) is 2.92. The lowest BCUT2D eigenvalue weighted by atomic mass is 9.74. The molecule has 0 radical (unpaired) electrons. The van der Waals surface area contributed by atoms with Crippen molar-refractivity contribution in [3.05, 3.63) is 82.4 Å². The number of ether oxygens (including phenoxy) is 3. The summed E-state index contributed by atoms with van der Waals surface area (Å²) in [6, 6.07) is 11.1. The fraction of sp³-hybridized carbons (Fsp3) is 0.200. The van der Waals surface area contributed by atoms with Crippen molar-refractivity contribution in [2.24, 2.45) is 0 Å². The maximum atomic E-state index is 11.9. The highest BCUT2D eigenvalue weighted by Crippen LogP contribution is 2.62. The van der Waals surface area contributed by atoms with Gasteiger partial charge < -0.3 is 60.2 Å². The van der Waals surface area contributed by atoms with Crippen molar-refractivity contribution in [3.8, 4) is 57.5 Å². The molecule has 0 unspecified atom stereocenters. The number of hydrogen-bond acceptors (Lipinski definition) is 12. The first-order valence-corrected chi connectivity index (χ1v) is 12.9. The number of phenols is 7. The number of hydrogen-bond donors (Lipinski definition) is 9. The van der Waals surface area contributed by atoms with Crippen LogP contribution in [-0.4, -0.2) is 58.2 Å². The van der Waals surface area contributed by atoms with E-state index in [1.54, 1.807) is 0 Å². The Morgan fingerprint density at radius 2 is 1.31 bits per heavy atom. The molecular formula is C30H24O12. The van der Waals surface area contributed by atoms with E-state index in [0.717, 1.165) is 12.1 Å². The zero-order valence-corrected chi connectivity index (χ0v) is 21.5. The SMILES string of the molecule is Oc1cc(O)c2c(c1)O[C@@]1(c3ccc(O)c(O)c3)Oc3cc(O)c4c(c3[C@@H]2[C@@H]1O)O[C@@H](c1ccc(O)c(O)c1)[C@H](O)C4. The molecule has 2 bridgehead atoms. The van der Waals surface area contributed by atoms with Crippen LogP contribution in [0.25, 0.3) is 0 Å². The van der Waals surface area contributed by atoms with E-state index in [2.05, 4.69) is 0 Å². The fourth-order valence-corrected chi connectivity index (χ4v) is 6.09. The summed E-state index contributed by atoms with van der Waals surface area (Å²) in [7, 11) is 0. The van der Waals surface area contributed by atoms with Gasteiger partial charge in [0.1, 0.15) is 46.7 Å². The van der Waals surface area contributed by atoms with Gasteiger partial charge in [0.05, 0.1) is 12.0 Å². The molecule has 0 amide bonds. The highest BCUT2D eigenvalue weighted by molar-refractivity contribution is 5.68. The molecule has 9 N–H and O–H groups in total. The second-order valence-electron chi connectivity index (χ2n) is 10.5. The van der Waals surface area contributed by atoms with Crippen molar-refractivity contribution in [3.63, 3.8) is 0 Å². The monoisotopic (exact) mass is 576 g/mol. The summed E-state index contributed by atoms with van der Waals surface area (Å²) in [5, 5.41) is 95.1. The van der Waals surface area contributed by atoms with Gasteiger partial charge in [0.2, 0.25) is 0 Å². The third kappa shape index (κ3) is 3.49. The molecule has 12 heteroatoms. The molecule has 3 heterocycles. The Labute approximate surface area is 236 Å². The zero-order valence-electron chi connectivity index (χ0n) is 21.5.